The summed E-state index contributed by atoms with van der Waals surface area (Å²) in [7, 11) is 2.07. The van der Waals surface area contributed by atoms with Gasteiger partial charge in [0.1, 0.15) is 0 Å². The molecule has 0 saturated heterocycles. The fraction of sp³-hybridized carbons (Fsp3) is 0.250. The minimum absolute atomic E-state index is 0.404. The molecule has 0 aliphatic heterocycles. The van der Waals surface area contributed by atoms with Crippen molar-refractivity contribution in [2.75, 3.05) is 11.9 Å². The fourth-order valence-electron chi connectivity index (χ4n) is 1.96. The smallest absolute Gasteiger partial charge is 0.0761 e. The van der Waals surface area contributed by atoms with E-state index >= 15 is 0 Å². The number of hydrogen-bond donors (Lipinski definition) is 1. The van der Waals surface area contributed by atoms with Crippen LogP contribution in [0.4, 0.5) is 5.69 Å². The molecule has 2 heteroatoms. The molecule has 0 aliphatic carbocycles. The van der Waals surface area contributed by atoms with E-state index in [4.69, 9.17) is 0 Å². The van der Waals surface area contributed by atoms with Gasteiger partial charge in [0.25, 0.3) is 0 Å². The van der Waals surface area contributed by atoms with Gasteiger partial charge < -0.3 is 10.0 Å². The van der Waals surface area contributed by atoms with Crippen molar-refractivity contribution in [1.29, 1.82) is 0 Å². The number of aliphatic hydroxyl groups excluding tert-OH is 1. The number of aliphatic hydroxyl groups is 1. The number of rotatable bonds is 4. The summed E-state index contributed by atoms with van der Waals surface area (Å²) in [6.07, 6.45) is -0.404. The second-order valence-corrected chi connectivity index (χ2v) is 4.61. The predicted molar refractivity (Wildman–Crippen MR) is 75.6 cm³/mol. The molecule has 2 aromatic carbocycles. The van der Waals surface area contributed by atoms with Gasteiger partial charge in [-0.05, 0) is 30.2 Å². The van der Waals surface area contributed by atoms with Crippen LogP contribution >= 0.6 is 0 Å². The van der Waals surface area contributed by atoms with Crippen molar-refractivity contribution in [2.24, 2.45) is 0 Å². The van der Waals surface area contributed by atoms with Gasteiger partial charge in [-0.3, -0.25) is 0 Å². The van der Waals surface area contributed by atoms with E-state index in [1.54, 1.807) is 6.92 Å². The highest BCUT2D eigenvalue weighted by Gasteiger charge is 2.04. The number of anilines is 1. The molecule has 2 aromatic rings. The first-order valence-electron chi connectivity index (χ1n) is 6.20. The molecule has 0 aliphatic rings. The quantitative estimate of drug-likeness (QED) is 0.887. The second-order valence-electron chi connectivity index (χ2n) is 4.61. The summed E-state index contributed by atoms with van der Waals surface area (Å²) in [5, 5.41) is 9.47. The van der Waals surface area contributed by atoms with Crippen LogP contribution in [0.25, 0.3) is 0 Å². The lowest BCUT2D eigenvalue weighted by atomic mass is 10.1. The van der Waals surface area contributed by atoms with Gasteiger partial charge in [-0.1, -0.05) is 42.5 Å². The van der Waals surface area contributed by atoms with Gasteiger partial charge in [-0.25, -0.2) is 0 Å². The third-order valence-corrected chi connectivity index (χ3v) is 3.08. The summed E-state index contributed by atoms with van der Waals surface area (Å²) in [6, 6.07) is 18.4. The molecule has 0 amide bonds. The van der Waals surface area contributed by atoms with Crippen LogP contribution in [0.1, 0.15) is 24.2 Å². The SMILES string of the molecule is CC(O)c1ccc(N(C)Cc2ccccc2)cc1. The lowest BCUT2D eigenvalue weighted by Crippen LogP contribution is -2.16. The first-order valence-corrected chi connectivity index (χ1v) is 6.20. The van der Waals surface area contributed by atoms with E-state index < -0.39 is 6.10 Å². The highest BCUT2D eigenvalue weighted by Crippen LogP contribution is 2.19. The maximum atomic E-state index is 9.47. The van der Waals surface area contributed by atoms with Crippen LogP contribution in [0.3, 0.4) is 0 Å². The van der Waals surface area contributed by atoms with Crippen LogP contribution in [0.5, 0.6) is 0 Å². The Bertz CT molecular complexity index is 476. The molecule has 0 aromatic heterocycles. The topological polar surface area (TPSA) is 23.5 Å². The third kappa shape index (κ3) is 3.11. The zero-order valence-electron chi connectivity index (χ0n) is 10.9. The van der Waals surface area contributed by atoms with Crippen LogP contribution in [-0.2, 0) is 6.54 Å². The maximum absolute atomic E-state index is 9.47. The van der Waals surface area contributed by atoms with Gasteiger partial charge >= 0.3 is 0 Å². The molecule has 0 saturated carbocycles. The fourth-order valence-corrected chi connectivity index (χ4v) is 1.96. The molecule has 0 radical (unpaired) electrons. The largest absolute Gasteiger partial charge is 0.389 e. The van der Waals surface area contributed by atoms with Crippen molar-refractivity contribution in [3.63, 3.8) is 0 Å². The number of nitrogens with zero attached hydrogens (tertiary/aromatic N) is 1. The first-order chi connectivity index (χ1) is 8.66. The van der Waals surface area contributed by atoms with Crippen molar-refractivity contribution in [2.45, 2.75) is 19.6 Å². The monoisotopic (exact) mass is 241 g/mol. The summed E-state index contributed by atoms with van der Waals surface area (Å²) in [6.45, 7) is 2.66. The molecule has 0 spiro atoms. The van der Waals surface area contributed by atoms with E-state index in [2.05, 4.69) is 36.2 Å². The Morgan fingerprint density at radius 2 is 1.61 bits per heavy atom. The summed E-state index contributed by atoms with van der Waals surface area (Å²) in [5.41, 5.74) is 3.40. The van der Waals surface area contributed by atoms with Crippen molar-refractivity contribution in [1.82, 2.24) is 0 Å². The Balaban J connectivity index is 2.07. The molecular weight excluding hydrogens is 222 g/mol. The number of benzene rings is 2. The first kappa shape index (κ1) is 12.7. The summed E-state index contributed by atoms with van der Waals surface area (Å²) in [5.74, 6) is 0. The van der Waals surface area contributed by atoms with Crippen molar-refractivity contribution in [3.8, 4) is 0 Å². The second kappa shape index (κ2) is 5.69. The van der Waals surface area contributed by atoms with E-state index in [9.17, 15) is 5.11 Å². The highest BCUT2D eigenvalue weighted by molar-refractivity contribution is 5.47. The van der Waals surface area contributed by atoms with Gasteiger partial charge in [0.05, 0.1) is 6.10 Å². The van der Waals surface area contributed by atoms with Gasteiger partial charge in [0.2, 0.25) is 0 Å². The van der Waals surface area contributed by atoms with Crippen LogP contribution in [0.15, 0.2) is 54.6 Å². The molecule has 1 atom stereocenters. The van der Waals surface area contributed by atoms with Crippen LogP contribution in [0, 0.1) is 0 Å². The Morgan fingerprint density at radius 1 is 1.00 bits per heavy atom. The molecule has 1 N–H and O–H groups in total. The number of hydrogen-bond acceptors (Lipinski definition) is 2. The van der Waals surface area contributed by atoms with E-state index in [0.29, 0.717) is 0 Å². The molecule has 2 rings (SSSR count). The minimum atomic E-state index is -0.404. The average molecular weight is 241 g/mol. The Hall–Kier alpha value is -1.80. The third-order valence-electron chi connectivity index (χ3n) is 3.08. The van der Waals surface area contributed by atoms with Crippen molar-refractivity contribution in [3.05, 3.63) is 65.7 Å². The molecular formula is C16H19NO. The van der Waals surface area contributed by atoms with Crippen molar-refractivity contribution >= 4 is 5.69 Å². The van der Waals surface area contributed by atoms with E-state index in [-0.39, 0.29) is 0 Å². The molecule has 2 nitrogen and oxygen atoms in total. The Labute approximate surface area is 109 Å². The van der Waals surface area contributed by atoms with Crippen LogP contribution < -0.4 is 4.90 Å². The van der Waals surface area contributed by atoms with E-state index in [1.807, 2.05) is 30.3 Å². The standard InChI is InChI=1S/C16H19NO/c1-13(18)15-8-10-16(11-9-15)17(2)12-14-6-4-3-5-7-14/h3-11,13,18H,12H2,1-2H3. The van der Waals surface area contributed by atoms with Crippen molar-refractivity contribution < 1.29 is 5.11 Å². The maximum Gasteiger partial charge on any atom is 0.0761 e. The van der Waals surface area contributed by atoms with E-state index in [1.165, 1.54) is 5.56 Å². The zero-order chi connectivity index (χ0) is 13.0. The molecule has 18 heavy (non-hydrogen) atoms. The summed E-state index contributed by atoms with van der Waals surface area (Å²) < 4.78 is 0. The van der Waals surface area contributed by atoms with Gasteiger partial charge in [0.15, 0.2) is 0 Å². The summed E-state index contributed by atoms with van der Waals surface area (Å²) >= 11 is 0. The molecule has 94 valence electrons. The Kier molecular flexibility index (Phi) is 4.00. The van der Waals surface area contributed by atoms with Gasteiger partial charge in [-0.15, -0.1) is 0 Å². The highest BCUT2D eigenvalue weighted by atomic mass is 16.3. The lowest BCUT2D eigenvalue weighted by Gasteiger charge is -2.20. The minimum Gasteiger partial charge on any atom is -0.389 e. The van der Waals surface area contributed by atoms with Gasteiger partial charge in [0, 0.05) is 19.3 Å². The molecule has 0 fully saturated rings. The predicted octanol–water partition coefficient (Wildman–Crippen LogP) is 3.38. The Morgan fingerprint density at radius 3 is 2.17 bits per heavy atom. The zero-order valence-corrected chi connectivity index (χ0v) is 10.9. The molecule has 0 bridgehead atoms. The lowest BCUT2D eigenvalue weighted by molar-refractivity contribution is 0.199. The molecule has 1 unspecified atom stereocenters. The van der Waals surface area contributed by atoms with Crippen LogP contribution in [0.2, 0.25) is 0 Å². The van der Waals surface area contributed by atoms with Crippen LogP contribution in [-0.4, -0.2) is 12.2 Å². The molecule has 0 heterocycles. The van der Waals surface area contributed by atoms with E-state index in [0.717, 1.165) is 17.8 Å². The summed E-state index contributed by atoms with van der Waals surface area (Å²) in [4.78, 5) is 2.20. The normalized spacial score (nSPS) is 12.2. The van der Waals surface area contributed by atoms with Gasteiger partial charge in [-0.2, -0.15) is 0 Å². The average Bonchev–Trinajstić information content (AvgIpc) is 2.40.